The van der Waals surface area contributed by atoms with Crippen molar-refractivity contribution in [1.82, 2.24) is 4.98 Å². The molecule has 0 saturated heterocycles. The van der Waals surface area contributed by atoms with E-state index in [-0.39, 0.29) is 6.42 Å². The van der Waals surface area contributed by atoms with E-state index in [2.05, 4.69) is 4.98 Å². The number of nitrogens with zero attached hydrogens (tertiary/aromatic N) is 1. The Kier molecular flexibility index (Phi) is 2.78. The molecule has 1 fully saturated rings. The minimum Gasteiger partial charge on any atom is -0.323 e. The molecule has 14 heavy (non-hydrogen) atoms. The molecule has 1 aliphatic carbocycles. The topological polar surface area (TPSA) is 38.9 Å². The number of aromatic nitrogens is 1. The second kappa shape index (κ2) is 3.90. The van der Waals surface area contributed by atoms with Crippen molar-refractivity contribution in [1.29, 1.82) is 0 Å². The van der Waals surface area contributed by atoms with Crippen LogP contribution in [-0.2, 0) is 6.42 Å². The minimum atomic E-state index is -2.44. The fourth-order valence-electron chi connectivity index (χ4n) is 1.42. The van der Waals surface area contributed by atoms with Crippen LogP contribution in [-0.4, -0.2) is 17.5 Å². The third-order valence-electron chi connectivity index (χ3n) is 2.38. The predicted molar refractivity (Wildman–Crippen MR) is 51.8 cm³/mol. The van der Waals surface area contributed by atoms with E-state index in [1.54, 1.807) is 5.51 Å². The van der Waals surface area contributed by atoms with Crippen LogP contribution in [0.15, 0.2) is 5.51 Å². The van der Waals surface area contributed by atoms with Crippen LogP contribution < -0.4 is 5.73 Å². The molecule has 1 aliphatic rings. The highest BCUT2D eigenvalue weighted by Gasteiger charge is 2.29. The van der Waals surface area contributed by atoms with Crippen molar-refractivity contribution in [3.63, 3.8) is 0 Å². The number of alkyl halides is 2. The predicted octanol–water partition coefficient (Wildman–Crippen LogP) is 2.16. The van der Waals surface area contributed by atoms with Crippen molar-refractivity contribution in [3.8, 4) is 0 Å². The number of halogens is 2. The van der Waals surface area contributed by atoms with Gasteiger partial charge >= 0.3 is 0 Å². The normalized spacial score (nSPS) is 18.9. The van der Waals surface area contributed by atoms with Crippen molar-refractivity contribution >= 4 is 11.3 Å². The summed E-state index contributed by atoms with van der Waals surface area (Å²) in [5.41, 5.74) is 8.06. The van der Waals surface area contributed by atoms with E-state index < -0.39 is 12.5 Å². The maximum Gasteiger partial charge on any atom is 0.253 e. The van der Waals surface area contributed by atoms with Crippen LogP contribution in [0.2, 0.25) is 0 Å². The summed E-state index contributed by atoms with van der Waals surface area (Å²) in [5, 5.41) is 0. The molecule has 0 amide bonds. The van der Waals surface area contributed by atoms with Crippen LogP contribution in [0.1, 0.15) is 29.3 Å². The monoisotopic (exact) mass is 218 g/mol. The van der Waals surface area contributed by atoms with Crippen molar-refractivity contribution in [3.05, 3.63) is 16.1 Å². The zero-order valence-electron chi connectivity index (χ0n) is 7.62. The first-order valence-electron chi connectivity index (χ1n) is 4.64. The van der Waals surface area contributed by atoms with Gasteiger partial charge in [0.25, 0.3) is 6.43 Å². The second-order valence-corrected chi connectivity index (χ2v) is 4.58. The number of thiazole rings is 1. The smallest absolute Gasteiger partial charge is 0.253 e. The first-order valence-corrected chi connectivity index (χ1v) is 5.52. The van der Waals surface area contributed by atoms with Gasteiger partial charge in [0.2, 0.25) is 0 Å². The van der Waals surface area contributed by atoms with Crippen molar-refractivity contribution < 1.29 is 8.78 Å². The van der Waals surface area contributed by atoms with Crippen LogP contribution in [0.3, 0.4) is 0 Å². The van der Waals surface area contributed by atoms with Gasteiger partial charge in [-0.05, 0) is 12.8 Å². The van der Waals surface area contributed by atoms with E-state index >= 15 is 0 Å². The van der Waals surface area contributed by atoms with Crippen molar-refractivity contribution in [2.45, 2.75) is 37.6 Å². The largest absolute Gasteiger partial charge is 0.323 e. The summed E-state index contributed by atoms with van der Waals surface area (Å²) >= 11 is 1.44. The van der Waals surface area contributed by atoms with Crippen LogP contribution in [0.25, 0.3) is 0 Å². The molecule has 2 nitrogen and oxygen atoms in total. The summed E-state index contributed by atoms with van der Waals surface area (Å²) in [7, 11) is 0. The lowest BCUT2D eigenvalue weighted by molar-refractivity contribution is 0.116. The highest BCUT2D eigenvalue weighted by Crippen LogP contribution is 2.42. The summed E-state index contributed by atoms with van der Waals surface area (Å²) in [6.07, 6.45) is 0.0966. The van der Waals surface area contributed by atoms with Crippen LogP contribution in [0.4, 0.5) is 8.78 Å². The van der Waals surface area contributed by atoms with Gasteiger partial charge in [0.05, 0.1) is 17.2 Å². The molecule has 0 bridgehead atoms. The van der Waals surface area contributed by atoms with Gasteiger partial charge in [-0.1, -0.05) is 0 Å². The zero-order chi connectivity index (χ0) is 10.1. The minimum absolute atomic E-state index is 0.258. The lowest BCUT2D eigenvalue weighted by Crippen LogP contribution is -2.30. The molecule has 1 aromatic heterocycles. The van der Waals surface area contributed by atoms with E-state index in [0.29, 0.717) is 5.92 Å². The summed E-state index contributed by atoms with van der Waals surface area (Å²) in [6, 6.07) is -1.05. The standard InChI is InChI=1S/C9H12F2N2S/c10-9(11)6(12)3-7-8(5-1-2-5)13-4-14-7/h4-6,9H,1-3,12H2. The van der Waals surface area contributed by atoms with Gasteiger partial charge in [-0.2, -0.15) is 0 Å². The van der Waals surface area contributed by atoms with Gasteiger partial charge in [-0.15, -0.1) is 11.3 Å². The Morgan fingerprint density at radius 3 is 2.86 bits per heavy atom. The fraction of sp³-hybridized carbons (Fsp3) is 0.667. The van der Waals surface area contributed by atoms with E-state index in [1.165, 1.54) is 11.3 Å². The molecule has 1 heterocycles. The number of hydrogen-bond acceptors (Lipinski definition) is 3. The quantitative estimate of drug-likeness (QED) is 0.841. The van der Waals surface area contributed by atoms with Crippen LogP contribution in [0, 0.1) is 0 Å². The van der Waals surface area contributed by atoms with Gasteiger partial charge < -0.3 is 5.73 Å². The van der Waals surface area contributed by atoms with Crippen LogP contribution >= 0.6 is 11.3 Å². The summed E-state index contributed by atoms with van der Waals surface area (Å²) in [4.78, 5) is 5.15. The maximum atomic E-state index is 12.2. The summed E-state index contributed by atoms with van der Waals surface area (Å²) in [6.45, 7) is 0. The van der Waals surface area contributed by atoms with E-state index in [9.17, 15) is 8.78 Å². The van der Waals surface area contributed by atoms with Gasteiger partial charge in [0, 0.05) is 17.2 Å². The third-order valence-corrected chi connectivity index (χ3v) is 3.25. The van der Waals surface area contributed by atoms with Crippen LogP contribution in [0.5, 0.6) is 0 Å². The Hall–Kier alpha value is -0.550. The number of hydrogen-bond donors (Lipinski definition) is 1. The van der Waals surface area contributed by atoms with Gasteiger partial charge in [0.1, 0.15) is 0 Å². The fourth-order valence-corrected chi connectivity index (χ4v) is 2.35. The number of nitrogens with two attached hydrogens (primary N) is 1. The van der Waals surface area contributed by atoms with Gasteiger partial charge in [-0.3, -0.25) is 0 Å². The lowest BCUT2D eigenvalue weighted by atomic mass is 10.1. The van der Waals surface area contributed by atoms with E-state index in [1.807, 2.05) is 0 Å². The summed E-state index contributed by atoms with van der Waals surface area (Å²) < 4.78 is 24.5. The Balaban J connectivity index is 2.04. The van der Waals surface area contributed by atoms with Gasteiger partial charge in [-0.25, -0.2) is 13.8 Å². The molecular weight excluding hydrogens is 206 g/mol. The molecule has 0 spiro atoms. The SMILES string of the molecule is NC(Cc1scnc1C1CC1)C(F)F. The molecule has 78 valence electrons. The Labute approximate surface area is 85.1 Å². The Morgan fingerprint density at radius 1 is 1.57 bits per heavy atom. The molecule has 0 radical (unpaired) electrons. The first kappa shape index (κ1) is 9.98. The second-order valence-electron chi connectivity index (χ2n) is 3.64. The Bertz CT molecular complexity index is 310. The molecule has 1 unspecified atom stereocenters. The highest BCUT2D eigenvalue weighted by atomic mass is 32.1. The third kappa shape index (κ3) is 2.09. The molecule has 0 aliphatic heterocycles. The van der Waals surface area contributed by atoms with E-state index in [4.69, 9.17) is 5.73 Å². The van der Waals surface area contributed by atoms with E-state index in [0.717, 1.165) is 23.4 Å². The molecular formula is C9H12F2N2S. The maximum absolute atomic E-state index is 12.2. The highest BCUT2D eigenvalue weighted by molar-refractivity contribution is 7.09. The molecule has 0 aromatic carbocycles. The molecule has 1 aromatic rings. The average molecular weight is 218 g/mol. The van der Waals surface area contributed by atoms with Crippen molar-refractivity contribution in [2.24, 2.45) is 5.73 Å². The average Bonchev–Trinajstić information content (AvgIpc) is 2.88. The molecule has 2 N–H and O–H groups in total. The van der Waals surface area contributed by atoms with Crippen molar-refractivity contribution in [2.75, 3.05) is 0 Å². The molecule has 1 atom stereocenters. The molecule has 2 rings (SSSR count). The first-order chi connectivity index (χ1) is 6.68. The molecule has 1 saturated carbocycles. The number of rotatable bonds is 4. The molecule has 5 heteroatoms. The zero-order valence-corrected chi connectivity index (χ0v) is 8.44. The summed E-state index contributed by atoms with van der Waals surface area (Å²) in [5.74, 6) is 0.515. The lowest BCUT2D eigenvalue weighted by Gasteiger charge is -2.09. The Morgan fingerprint density at radius 2 is 2.29 bits per heavy atom. The van der Waals surface area contributed by atoms with Gasteiger partial charge in [0.15, 0.2) is 0 Å².